The lowest BCUT2D eigenvalue weighted by Crippen LogP contribution is -2.26. The minimum absolute atomic E-state index is 0. The van der Waals surface area contributed by atoms with Gasteiger partial charge in [-0.2, -0.15) is 0 Å². The van der Waals surface area contributed by atoms with Gasteiger partial charge in [0.25, 0.3) is 0 Å². The number of carbonyl (C=O) groups excluding carboxylic acids is 1. The third kappa shape index (κ3) is 5.75. The van der Waals surface area contributed by atoms with Crippen molar-refractivity contribution in [3.63, 3.8) is 0 Å². The Kier molecular flexibility index (Phi) is 7.66. The Hall–Kier alpha value is -1.00. The first-order chi connectivity index (χ1) is 7.63. The van der Waals surface area contributed by atoms with E-state index in [1.165, 1.54) is 0 Å². The topological polar surface area (TPSA) is 45.5 Å². The first-order valence-electron chi connectivity index (χ1n) is 5.57. The Morgan fingerprint density at radius 3 is 2.71 bits per heavy atom. The highest BCUT2D eigenvalue weighted by molar-refractivity contribution is 5.85. The highest BCUT2D eigenvalue weighted by Gasteiger charge is 2.10. The van der Waals surface area contributed by atoms with Gasteiger partial charge in [-0.3, -0.25) is 4.79 Å². The standard InChI is InChI=1S/C12H20N2O2.ClH/c1-10-6-7-11(16-10)9-14(3)12(15)5-4-8-13-2;/h6-7,13H,4-5,8-9H2,1-3H3;1H. The van der Waals surface area contributed by atoms with Crippen molar-refractivity contribution >= 4 is 18.3 Å². The molecule has 0 aromatic carbocycles. The smallest absolute Gasteiger partial charge is 0.222 e. The summed E-state index contributed by atoms with van der Waals surface area (Å²) in [6.07, 6.45) is 1.45. The number of amides is 1. The van der Waals surface area contributed by atoms with Crippen molar-refractivity contribution < 1.29 is 9.21 Å². The van der Waals surface area contributed by atoms with Gasteiger partial charge in [-0.1, -0.05) is 0 Å². The molecule has 1 N–H and O–H groups in total. The maximum atomic E-state index is 11.7. The number of halogens is 1. The van der Waals surface area contributed by atoms with Crippen LogP contribution in [0.4, 0.5) is 0 Å². The highest BCUT2D eigenvalue weighted by atomic mass is 35.5. The van der Waals surface area contributed by atoms with E-state index < -0.39 is 0 Å². The molecular weight excluding hydrogens is 240 g/mol. The Bertz CT molecular complexity index is 339. The fourth-order valence-corrected chi connectivity index (χ4v) is 1.50. The molecule has 1 aromatic heterocycles. The van der Waals surface area contributed by atoms with Crippen LogP contribution in [-0.4, -0.2) is 31.4 Å². The van der Waals surface area contributed by atoms with Gasteiger partial charge in [-0.15, -0.1) is 12.4 Å². The van der Waals surface area contributed by atoms with Crippen LogP contribution in [0.25, 0.3) is 0 Å². The van der Waals surface area contributed by atoms with E-state index in [9.17, 15) is 4.79 Å². The quantitative estimate of drug-likeness (QED) is 0.796. The molecule has 0 saturated heterocycles. The number of aryl methyl sites for hydroxylation is 1. The molecule has 0 unspecified atom stereocenters. The maximum Gasteiger partial charge on any atom is 0.222 e. The van der Waals surface area contributed by atoms with E-state index in [1.54, 1.807) is 11.9 Å². The van der Waals surface area contributed by atoms with Crippen LogP contribution < -0.4 is 5.32 Å². The van der Waals surface area contributed by atoms with Crippen LogP contribution in [0.3, 0.4) is 0 Å². The molecule has 1 heterocycles. The number of carbonyl (C=O) groups is 1. The second kappa shape index (κ2) is 8.14. The Morgan fingerprint density at radius 1 is 1.47 bits per heavy atom. The van der Waals surface area contributed by atoms with Crippen LogP contribution in [0.15, 0.2) is 16.5 Å². The molecule has 0 atom stereocenters. The molecule has 0 aliphatic rings. The molecule has 0 radical (unpaired) electrons. The van der Waals surface area contributed by atoms with E-state index in [-0.39, 0.29) is 18.3 Å². The second-order valence-corrected chi connectivity index (χ2v) is 3.97. The van der Waals surface area contributed by atoms with Crippen molar-refractivity contribution in [3.05, 3.63) is 23.7 Å². The molecule has 98 valence electrons. The van der Waals surface area contributed by atoms with Crippen LogP contribution in [0, 0.1) is 6.92 Å². The first kappa shape index (κ1) is 16.0. The van der Waals surface area contributed by atoms with Crippen molar-refractivity contribution in [1.29, 1.82) is 0 Å². The molecule has 17 heavy (non-hydrogen) atoms. The maximum absolute atomic E-state index is 11.7. The largest absolute Gasteiger partial charge is 0.464 e. The fourth-order valence-electron chi connectivity index (χ4n) is 1.50. The summed E-state index contributed by atoms with van der Waals surface area (Å²) < 4.78 is 5.42. The zero-order valence-electron chi connectivity index (χ0n) is 10.7. The minimum Gasteiger partial charge on any atom is -0.464 e. The lowest BCUT2D eigenvalue weighted by atomic mass is 10.2. The van der Waals surface area contributed by atoms with Gasteiger partial charge in [0.1, 0.15) is 11.5 Å². The van der Waals surface area contributed by atoms with Gasteiger partial charge in [-0.05, 0) is 39.1 Å². The van der Waals surface area contributed by atoms with Crippen LogP contribution in [0.1, 0.15) is 24.4 Å². The zero-order valence-corrected chi connectivity index (χ0v) is 11.5. The number of rotatable bonds is 6. The van der Waals surface area contributed by atoms with E-state index in [0.29, 0.717) is 13.0 Å². The third-order valence-corrected chi connectivity index (χ3v) is 2.43. The van der Waals surface area contributed by atoms with Crippen molar-refractivity contribution in [2.75, 3.05) is 20.6 Å². The third-order valence-electron chi connectivity index (χ3n) is 2.43. The second-order valence-electron chi connectivity index (χ2n) is 3.97. The van der Waals surface area contributed by atoms with Crippen LogP contribution >= 0.6 is 12.4 Å². The summed E-state index contributed by atoms with van der Waals surface area (Å²) >= 11 is 0. The number of furan rings is 1. The van der Waals surface area contributed by atoms with Gasteiger partial charge in [0.15, 0.2) is 0 Å². The average molecular weight is 261 g/mol. The van der Waals surface area contributed by atoms with Crippen molar-refractivity contribution in [2.45, 2.75) is 26.3 Å². The predicted molar refractivity (Wildman–Crippen MR) is 70.3 cm³/mol. The van der Waals surface area contributed by atoms with Crippen LogP contribution in [0.5, 0.6) is 0 Å². The molecule has 1 aromatic rings. The molecule has 0 bridgehead atoms. The van der Waals surface area contributed by atoms with E-state index in [4.69, 9.17) is 4.42 Å². The summed E-state index contributed by atoms with van der Waals surface area (Å²) in [6.45, 7) is 3.32. The Balaban J connectivity index is 0.00000256. The molecule has 0 aliphatic heterocycles. The molecule has 1 rings (SSSR count). The zero-order chi connectivity index (χ0) is 12.0. The molecule has 4 nitrogen and oxygen atoms in total. The minimum atomic E-state index is 0. The van der Waals surface area contributed by atoms with Gasteiger partial charge in [0.2, 0.25) is 5.91 Å². The number of hydrogen-bond acceptors (Lipinski definition) is 3. The summed E-state index contributed by atoms with van der Waals surface area (Å²) in [6, 6.07) is 3.82. The number of nitrogens with zero attached hydrogens (tertiary/aromatic N) is 1. The highest BCUT2D eigenvalue weighted by Crippen LogP contribution is 2.09. The molecule has 0 spiro atoms. The van der Waals surface area contributed by atoms with Gasteiger partial charge in [-0.25, -0.2) is 0 Å². The van der Waals surface area contributed by atoms with Gasteiger partial charge in [0.05, 0.1) is 6.54 Å². The first-order valence-corrected chi connectivity index (χ1v) is 5.57. The van der Waals surface area contributed by atoms with Crippen molar-refractivity contribution in [3.8, 4) is 0 Å². The number of nitrogens with one attached hydrogen (secondary N) is 1. The molecular formula is C12H21ClN2O2. The van der Waals surface area contributed by atoms with Gasteiger partial charge < -0.3 is 14.6 Å². The molecule has 0 fully saturated rings. The van der Waals surface area contributed by atoms with Gasteiger partial charge >= 0.3 is 0 Å². The molecule has 0 saturated carbocycles. The summed E-state index contributed by atoms with van der Waals surface area (Å²) in [7, 11) is 3.69. The average Bonchev–Trinajstić information content (AvgIpc) is 2.64. The van der Waals surface area contributed by atoms with Crippen molar-refractivity contribution in [1.82, 2.24) is 10.2 Å². The summed E-state index contributed by atoms with van der Waals surface area (Å²) in [5.74, 6) is 1.87. The monoisotopic (exact) mass is 260 g/mol. The summed E-state index contributed by atoms with van der Waals surface area (Å²) in [5.41, 5.74) is 0. The summed E-state index contributed by atoms with van der Waals surface area (Å²) in [4.78, 5) is 13.4. The van der Waals surface area contributed by atoms with Gasteiger partial charge in [0, 0.05) is 13.5 Å². The lowest BCUT2D eigenvalue weighted by molar-refractivity contribution is -0.130. The van der Waals surface area contributed by atoms with Crippen molar-refractivity contribution in [2.24, 2.45) is 0 Å². The van der Waals surface area contributed by atoms with E-state index >= 15 is 0 Å². The van der Waals surface area contributed by atoms with E-state index in [1.807, 2.05) is 26.1 Å². The molecule has 1 amide bonds. The Labute approximate surface area is 109 Å². The lowest BCUT2D eigenvalue weighted by Gasteiger charge is -2.15. The predicted octanol–water partition coefficient (Wildman–Crippen LogP) is 1.97. The van der Waals surface area contributed by atoms with E-state index in [2.05, 4.69) is 5.32 Å². The molecule has 0 aliphatic carbocycles. The SMILES string of the molecule is CNCCCC(=O)N(C)Cc1ccc(C)o1.Cl. The Morgan fingerprint density at radius 2 is 2.18 bits per heavy atom. The molecule has 5 heteroatoms. The van der Waals surface area contributed by atoms with E-state index in [0.717, 1.165) is 24.5 Å². The summed E-state index contributed by atoms with van der Waals surface area (Å²) in [5, 5.41) is 3.03. The van der Waals surface area contributed by atoms with Crippen LogP contribution in [-0.2, 0) is 11.3 Å². The fraction of sp³-hybridized carbons (Fsp3) is 0.583. The van der Waals surface area contributed by atoms with Crippen LogP contribution in [0.2, 0.25) is 0 Å². The normalized spacial score (nSPS) is 9.82. The number of hydrogen-bond donors (Lipinski definition) is 1.